The Morgan fingerprint density at radius 2 is 2.25 bits per heavy atom. The lowest BCUT2D eigenvalue weighted by molar-refractivity contribution is 0.0971. The minimum absolute atomic E-state index is 0.201. The molecule has 3 aliphatic heterocycles. The zero-order valence-corrected chi connectivity index (χ0v) is 11.5. The highest BCUT2D eigenvalue weighted by Gasteiger charge is 2.34. The smallest absolute Gasteiger partial charge is 0.255 e. The zero-order chi connectivity index (χ0) is 14.1. The Hall–Kier alpha value is -1.89. The number of hydrogen-bond donors (Lipinski definition) is 2. The van der Waals surface area contributed by atoms with Crippen molar-refractivity contribution < 1.29 is 9.53 Å². The molecule has 1 unspecified atom stereocenters. The van der Waals surface area contributed by atoms with E-state index in [1.165, 1.54) is 39.2 Å². The van der Waals surface area contributed by atoms with Gasteiger partial charge < -0.3 is 20.7 Å². The SMILES string of the molecule is COc1nc(NC2CN3CCC2CC3)ncc1C(N)=O. The van der Waals surface area contributed by atoms with Crippen LogP contribution in [-0.2, 0) is 0 Å². The van der Waals surface area contributed by atoms with Crippen LogP contribution in [0, 0.1) is 5.92 Å². The van der Waals surface area contributed by atoms with E-state index in [-0.39, 0.29) is 11.4 Å². The van der Waals surface area contributed by atoms with Gasteiger partial charge in [-0.25, -0.2) is 4.98 Å². The minimum Gasteiger partial charge on any atom is -0.480 e. The van der Waals surface area contributed by atoms with Crippen molar-refractivity contribution in [1.29, 1.82) is 0 Å². The van der Waals surface area contributed by atoms with Crippen LogP contribution >= 0.6 is 0 Å². The van der Waals surface area contributed by atoms with Crippen molar-refractivity contribution >= 4 is 11.9 Å². The fraction of sp³-hybridized carbons (Fsp3) is 0.615. The predicted octanol–water partition coefficient (Wildman–Crippen LogP) is 0.0902. The molecule has 1 aromatic heterocycles. The quantitative estimate of drug-likeness (QED) is 0.810. The second kappa shape index (κ2) is 5.24. The van der Waals surface area contributed by atoms with E-state index in [1.807, 2.05) is 0 Å². The standard InChI is InChI=1S/C13H19N5O2/c1-20-12-9(11(14)19)6-15-13(17-12)16-10-7-18-4-2-8(10)3-5-18/h6,8,10H,2-5,7H2,1H3,(H2,14,19)(H,15,16,17). The summed E-state index contributed by atoms with van der Waals surface area (Å²) in [4.78, 5) is 22.1. The number of carbonyl (C=O) groups excluding carboxylic acids is 1. The van der Waals surface area contributed by atoms with E-state index in [9.17, 15) is 4.79 Å². The second-order valence-electron chi connectivity index (χ2n) is 5.37. The van der Waals surface area contributed by atoms with Crippen LogP contribution in [0.2, 0.25) is 0 Å². The monoisotopic (exact) mass is 277 g/mol. The lowest BCUT2D eigenvalue weighted by atomic mass is 9.84. The molecule has 1 amide bonds. The van der Waals surface area contributed by atoms with E-state index in [0.717, 1.165) is 6.54 Å². The summed E-state index contributed by atoms with van der Waals surface area (Å²) < 4.78 is 5.10. The van der Waals surface area contributed by atoms with Crippen LogP contribution in [0.15, 0.2) is 6.20 Å². The van der Waals surface area contributed by atoms with E-state index in [4.69, 9.17) is 10.5 Å². The largest absolute Gasteiger partial charge is 0.480 e. The summed E-state index contributed by atoms with van der Waals surface area (Å²) in [5, 5.41) is 3.36. The highest BCUT2D eigenvalue weighted by atomic mass is 16.5. The number of nitrogens with two attached hydrogens (primary N) is 1. The summed E-state index contributed by atoms with van der Waals surface area (Å²) in [6.07, 6.45) is 3.85. The molecule has 0 aliphatic carbocycles. The number of methoxy groups -OCH3 is 1. The molecule has 3 fully saturated rings. The Bertz CT molecular complexity index is 513. The first-order valence-corrected chi connectivity index (χ1v) is 6.87. The summed E-state index contributed by atoms with van der Waals surface area (Å²) in [5.74, 6) is 0.795. The van der Waals surface area contributed by atoms with Gasteiger partial charge in [-0.15, -0.1) is 0 Å². The molecule has 20 heavy (non-hydrogen) atoms. The molecule has 3 saturated heterocycles. The van der Waals surface area contributed by atoms with E-state index in [0.29, 0.717) is 17.9 Å². The van der Waals surface area contributed by atoms with Gasteiger partial charge >= 0.3 is 0 Å². The summed E-state index contributed by atoms with van der Waals surface area (Å²) in [5.41, 5.74) is 5.45. The highest BCUT2D eigenvalue weighted by molar-refractivity contribution is 5.94. The van der Waals surface area contributed by atoms with Gasteiger partial charge in [0.25, 0.3) is 5.91 Å². The number of ether oxygens (including phenoxy) is 1. The number of amides is 1. The number of aromatic nitrogens is 2. The van der Waals surface area contributed by atoms with Gasteiger partial charge in [0.1, 0.15) is 5.56 Å². The average Bonchev–Trinajstić information content (AvgIpc) is 2.48. The normalized spacial score (nSPS) is 28.1. The molecule has 108 valence electrons. The fourth-order valence-corrected chi connectivity index (χ4v) is 3.05. The van der Waals surface area contributed by atoms with Crippen LogP contribution in [0.3, 0.4) is 0 Å². The number of piperidine rings is 3. The predicted molar refractivity (Wildman–Crippen MR) is 73.7 cm³/mol. The summed E-state index contributed by atoms with van der Waals surface area (Å²) >= 11 is 0. The third kappa shape index (κ3) is 2.40. The number of fused-ring (bicyclic) bond motifs is 3. The summed E-state index contributed by atoms with van der Waals surface area (Å²) in [7, 11) is 1.47. The Morgan fingerprint density at radius 3 is 2.80 bits per heavy atom. The van der Waals surface area contributed by atoms with Crippen LogP contribution in [0.5, 0.6) is 5.88 Å². The Morgan fingerprint density at radius 1 is 1.50 bits per heavy atom. The van der Waals surface area contributed by atoms with Crippen LogP contribution in [0.1, 0.15) is 23.2 Å². The van der Waals surface area contributed by atoms with Crippen molar-refractivity contribution in [2.45, 2.75) is 18.9 Å². The Balaban J connectivity index is 1.76. The molecule has 0 spiro atoms. The molecule has 3 N–H and O–H groups in total. The molecule has 1 atom stereocenters. The molecule has 1 aromatic rings. The van der Waals surface area contributed by atoms with Gasteiger partial charge in [0.05, 0.1) is 7.11 Å². The molecular formula is C13H19N5O2. The van der Waals surface area contributed by atoms with Crippen molar-refractivity contribution in [3.8, 4) is 5.88 Å². The van der Waals surface area contributed by atoms with Gasteiger partial charge in [-0.05, 0) is 31.8 Å². The molecule has 4 heterocycles. The van der Waals surface area contributed by atoms with Crippen LogP contribution in [0.25, 0.3) is 0 Å². The van der Waals surface area contributed by atoms with Crippen molar-refractivity contribution in [3.63, 3.8) is 0 Å². The highest BCUT2D eigenvalue weighted by Crippen LogP contribution is 2.29. The van der Waals surface area contributed by atoms with Gasteiger partial charge in [-0.2, -0.15) is 4.98 Å². The van der Waals surface area contributed by atoms with E-state index >= 15 is 0 Å². The van der Waals surface area contributed by atoms with Crippen molar-refractivity contribution in [3.05, 3.63) is 11.8 Å². The van der Waals surface area contributed by atoms with Crippen LogP contribution < -0.4 is 15.8 Å². The fourth-order valence-electron chi connectivity index (χ4n) is 3.05. The van der Waals surface area contributed by atoms with Crippen molar-refractivity contribution in [2.24, 2.45) is 11.7 Å². The Kier molecular flexibility index (Phi) is 3.43. The summed E-state index contributed by atoms with van der Waals surface area (Å²) in [6, 6.07) is 0.363. The number of nitrogens with one attached hydrogen (secondary N) is 1. The van der Waals surface area contributed by atoms with E-state index in [1.54, 1.807) is 0 Å². The van der Waals surface area contributed by atoms with Crippen LogP contribution in [-0.4, -0.2) is 53.6 Å². The van der Waals surface area contributed by atoms with E-state index in [2.05, 4.69) is 20.2 Å². The topological polar surface area (TPSA) is 93.4 Å². The van der Waals surface area contributed by atoms with Crippen LogP contribution in [0.4, 0.5) is 5.95 Å². The molecular weight excluding hydrogens is 258 g/mol. The molecule has 0 radical (unpaired) electrons. The number of hydrogen-bond acceptors (Lipinski definition) is 6. The first-order valence-electron chi connectivity index (χ1n) is 6.87. The van der Waals surface area contributed by atoms with Crippen molar-refractivity contribution in [2.75, 3.05) is 32.1 Å². The maximum Gasteiger partial charge on any atom is 0.255 e. The maximum atomic E-state index is 11.2. The van der Waals surface area contributed by atoms with Gasteiger partial charge in [0.15, 0.2) is 0 Å². The second-order valence-corrected chi connectivity index (χ2v) is 5.37. The van der Waals surface area contributed by atoms with Crippen molar-refractivity contribution in [1.82, 2.24) is 14.9 Å². The Labute approximate surface area is 117 Å². The average molecular weight is 277 g/mol. The first kappa shape index (κ1) is 13.1. The minimum atomic E-state index is -0.587. The molecule has 7 heteroatoms. The molecule has 3 aliphatic rings. The lowest BCUT2D eigenvalue weighted by Gasteiger charge is -2.44. The number of rotatable bonds is 4. The van der Waals surface area contributed by atoms with Gasteiger partial charge in [-0.3, -0.25) is 4.79 Å². The molecule has 2 bridgehead atoms. The summed E-state index contributed by atoms with van der Waals surface area (Å²) in [6.45, 7) is 3.40. The molecule has 7 nitrogen and oxygen atoms in total. The van der Waals surface area contributed by atoms with Gasteiger partial charge in [0.2, 0.25) is 11.8 Å². The zero-order valence-electron chi connectivity index (χ0n) is 11.5. The third-order valence-corrected chi connectivity index (χ3v) is 4.18. The third-order valence-electron chi connectivity index (χ3n) is 4.18. The number of primary amides is 1. The first-order chi connectivity index (χ1) is 9.67. The number of carbonyl (C=O) groups is 1. The van der Waals surface area contributed by atoms with E-state index < -0.39 is 5.91 Å². The molecule has 0 aromatic carbocycles. The van der Waals surface area contributed by atoms with Gasteiger partial charge in [0, 0.05) is 18.8 Å². The van der Waals surface area contributed by atoms with Gasteiger partial charge in [-0.1, -0.05) is 0 Å². The number of nitrogens with zero attached hydrogens (tertiary/aromatic N) is 3. The molecule has 0 saturated carbocycles. The lowest BCUT2D eigenvalue weighted by Crippen LogP contribution is -2.53. The maximum absolute atomic E-state index is 11.2. The molecule has 4 rings (SSSR count). The number of anilines is 1.